The van der Waals surface area contributed by atoms with Crippen LogP contribution in [0.4, 0.5) is 0 Å². The molecule has 8 heteroatoms. The minimum absolute atomic E-state index is 0.167. The minimum atomic E-state index is -0.230. The molecule has 29 heavy (non-hydrogen) atoms. The Kier molecular flexibility index (Phi) is 4.61. The molecule has 1 aromatic heterocycles. The lowest BCUT2D eigenvalue weighted by atomic mass is 10.1. The molecule has 0 saturated heterocycles. The average molecular weight is 412 g/mol. The summed E-state index contributed by atoms with van der Waals surface area (Å²) in [6.45, 7) is 1.53. The number of halogens is 1. The quantitative estimate of drug-likeness (QED) is 0.711. The number of nitrogens with zero attached hydrogens (tertiary/aromatic N) is 2. The molecule has 0 unspecified atom stereocenters. The zero-order chi connectivity index (χ0) is 19.8. The SMILES string of the molecule is O=C(NCc1cccc(Cl)c1)c1cc2n(n1)C[C@@H](c1ccc3c(c1)OCO3)OC2. The summed E-state index contributed by atoms with van der Waals surface area (Å²) in [6.07, 6.45) is -0.167. The third kappa shape index (κ3) is 3.66. The number of benzene rings is 2. The van der Waals surface area contributed by atoms with Crippen molar-refractivity contribution in [2.75, 3.05) is 6.79 Å². The number of aromatic nitrogens is 2. The van der Waals surface area contributed by atoms with Crippen LogP contribution in [0.3, 0.4) is 0 Å². The van der Waals surface area contributed by atoms with Gasteiger partial charge >= 0.3 is 0 Å². The lowest BCUT2D eigenvalue weighted by Crippen LogP contribution is -2.24. The van der Waals surface area contributed by atoms with Crippen LogP contribution in [-0.2, 0) is 24.4 Å². The van der Waals surface area contributed by atoms with Crippen molar-refractivity contribution in [3.05, 3.63) is 76.1 Å². The number of carbonyl (C=O) groups is 1. The summed E-state index contributed by atoms with van der Waals surface area (Å²) in [5.41, 5.74) is 3.16. The predicted molar refractivity (Wildman–Crippen MR) is 105 cm³/mol. The zero-order valence-electron chi connectivity index (χ0n) is 15.4. The van der Waals surface area contributed by atoms with Crippen LogP contribution in [0.2, 0.25) is 5.02 Å². The number of ether oxygens (including phenoxy) is 3. The van der Waals surface area contributed by atoms with Crippen LogP contribution in [0.1, 0.15) is 33.4 Å². The van der Waals surface area contributed by atoms with Gasteiger partial charge in [0.25, 0.3) is 5.91 Å². The number of hydrogen-bond donors (Lipinski definition) is 1. The first-order valence-corrected chi connectivity index (χ1v) is 9.64. The Hall–Kier alpha value is -3.03. The highest BCUT2D eigenvalue weighted by molar-refractivity contribution is 6.30. The van der Waals surface area contributed by atoms with Gasteiger partial charge in [0, 0.05) is 11.6 Å². The Labute approximate surface area is 172 Å². The average Bonchev–Trinajstić information content (AvgIpc) is 3.37. The molecule has 1 N–H and O–H groups in total. The van der Waals surface area contributed by atoms with Crippen molar-refractivity contribution in [1.29, 1.82) is 0 Å². The van der Waals surface area contributed by atoms with Crippen molar-refractivity contribution in [1.82, 2.24) is 15.1 Å². The normalized spacial score (nSPS) is 17.1. The third-order valence-electron chi connectivity index (χ3n) is 4.98. The molecule has 148 valence electrons. The Balaban J connectivity index is 1.27. The van der Waals surface area contributed by atoms with Gasteiger partial charge in [0.15, 0.2) is 17.2 Å². The molecule has 2 aliphatic rings. The van der Waals surface area contributed by atoms with E-state index < -0.39 is 0 Å². The van der Waals surface area contributed by atoms with E-state index in [1.165, 1.54) is 0 Å². The number of amides is 1. The number of carbonyl (C=O) groups excluding carboxylic acids is 1. The number of hydrogen-bond acceptors (Lipinski definition) is 5. The van der Waals surface area contributed by atoms with E-state index in [1.54, 1.807) is 12.1 Å². The molecule has 0 fully saturated rings. The molecular formula is C21H18ClN3O4. The van der Waals surface area contributed by atoms with Crippen molar-refractivity contribution in [2.24, 2.45) is 0 Å². The van der Waals surface area contributed by atoms with Crippen LogP contribution in [0.5, 0.6) is 11.5 Å². The molecular weight excluding hydrogens is 394 g/mol. The second-order valence-corrected chi connectivity index (χ2v) is 7.36. The van der Waals surface area contributed by atoms with Crippen LogP contribution in [0.15, 0.2) is 48.5 Å². The van der Waals surface area contributed by atoms with Gasteiger partial charge in [0.1, 0.15) is 6.10 Å². The highest BCUT2D eigenvalue weighted by Gasteiger charge is 2.25. The Bertz CT molecular complexity index is 1080. The molecule has 5 rings (SSSR count). The van der Waals surface area contributed by atoms with E-state index >= 15 is 0 Å². The Morgan fingerprint density at radius 2 is 2.07 bits per heavy atom. The molecule has 0 radical (unpaired) electrons. The van der Waals surface area contributed by atoms with Gasteiger partial charge in [-0.2, -0.15) is 5.10 Å². The molecule has 3 heterocycles. The van der Waals surface area contributed by atoms with E-state index in [-0.39, 0.29) is 18.8 Å². The molecule has 2 aliphatic heterocycles. The van der Waals surface area contributed by atoms with Gasteiger partial charge < -0.3 is 19.5 Å². The highest BCUT2D eigenvalue weighted by atomic mass is 35.5. The van der Waals surface area contributed by atoms with E-state index in [2.05, 4.69) is 10.4 Å². The smallest absolute Gasteiger partial charge is 0.272 e. The fraction of sp³-hybridized carbons (Fsp3) is 0.238. The zero-order valence-corrected chi connectivity index (χ0v) is 16.2. The molecule has 0 aliphatic carbocycles. The molecule has 1 atom stereocenters. The number of nitrogens with one attached hydrogen (secondary N) is 1. The first kappa shape index (κ1) is 18.0. The fourth-order valence-electron chi connectivity index (χ4n) is 3.47. The maximum absolute atomic E-state index is 12.5. The van der Waals surface area contributed by atoms with Gasteiger partial charge in [0.05, 0.1) is 18.8 Å². The minimum Gasteiger partial charge on any atom is -0.454 e. The first-order valence-electron chi connectivity index (χ1n) is 9.26. The van der Waals surface area contributed by atoms with E-state index in [0.29, 0.717) is 30.4 Å². The maximum atomic E-state index is 12.5. The van der Waals surface area contributed by atoms with E-state index in [1.807, 2.05) is 41.1 Å². The Morgan fingerprint density at radius 3 is 2.97 bits per heavy atom. The van der Waals surface area contributed by atoms with Crippen molar-refractivity contribution >= 4 is 17.5 Å². The lowest BCUT2D eigenvalue weighted by molar-refractivity contribution is -0.00128. The molecule has 2 aromatic carbocycles. The van der Waals surface area contributed by atoms with Gasteiger partial charge in [-0.1, -0.05) is 29.8 Å². The summed E-state index contributed by atoms with van der Waals surface area (Å²) in [4.78, 5) is 12.5. The van der Waals surface area contributed by atoms with Crippen molar-refractivity contribution < 1.29 is 19.0 Å². The van der Waals surface area contributed by atoms with Crippen LogP contribution >= 0.6 is 11.6 Å². The van der Waals surface area contributed by atoms with Crippen LogP contribution in [-0.4, -0.2) is 22.5 Å². The van der Waals surface area contributed by atoms with Gasteiger partial charge in [-0.15, -0.1) is 0 Å². The van der Waals surface area contributed by atoms with E-state index in [9.17, 15) is 4.79 Å². The summed E-state index contributed by atoms with van der Waals surface area (Å²) in [5.74, 6) is 1.23. The van der Waals surface area contributed by atoms with Gasteiger partial charge in [-0.05, 0) is 41.5 Å². The van der Waals surface area contributed by atoms with Crippen LogP contribution in [0, 0.1) is 0 Å². The second kappa shape index (κ2) is 7.42. The molecule has 3 aromatic rings. The summed E-state index contributed by atoms with van der Waals surface area (Å²) in [5, 5.41) is 7.99. The largest absolute Gasteiger partial charge is 0.454 e. The van der Waals surface area contributed by atoms with Crippen LogP contribution in [0.25, 0.3) is 0 Å². The van der Waals surface area contributed by atoms with E-state index in [0.717, 1.165) is 28.3 Å². The predicted octanol–water partition coefficient (Wildman–Crippen LogP) is 3.47. The van der Waals surface area contributed by atoms with E-state index in [4.69, 9.17) is 25.8 Å². The maximum Gasteiger partial charge on any atom is 0.272 e. The third-order valence-corrected chi connectivity index (χ3v) is 5.21. The summed E-state index contributed by atoms with van der Waals surface area (Å²) in [6, 6.07) is 14.9. The first-order chi connectivity index (χ1) is 14.2. The van der Waals surface area contributed by atoms with Gasteiger partial charge in [-0.3, -0.25) is 9.48 Å². The molecule has 7 nitrogen and oxygen atoms in total. The van der Waals surface area contributed by atoms with Gasteiger partial charge in [0.2, 0.25) is 6.79 Å². The highest BCUT2D eigenvalue weighted by Crippen LogP contribution is 2.36. The molecule has 0 saturated carbocycles. The van der Waals surface area contributed by atoms with Crippen LogP contribution < -0.4 is 14.8 Å². The van der Waals surface area contributed by atoms with Crippen molar-refractivity contribution in [3.63, 3.8) is 0 Å². The summed E-state index contributed by atoms with van der Waals surface area (Å²) in [7, 11) is 0. The van der Waals surface area contributed by atoms with Crippen molar-refractivity contribution in [3.8, 4) is 11.5 Å². The fourth-order valence-corrected chi connectivity index (χ4v) is 3.68. The number of rotatable bonds is 4. The second-order valence-electron chi connectivity index (χ2n) is 6.93. The molecule has 1 amide bonds. The molecule has 0 spiro atoms. The lowest BCUT2D eigenvalue weighted by Gasteiger charge is -2.24. The van der Waals surface area contributed by atoms with Crippen molar-refractivity contribution in [2.45, 2.75) is 25.8 Å². The molecule has 0 bridgehead atoms. The number of fused-ring (bicyclic) bond motifs is 2. The topological polar surface area (TPSA) is 74.6 Å². The summed E-state index contributed by atoms with van der Waals surface area (Å²) < 4.78 is 18.6. The standard InChI is InChI=1S/C21H18ClN3O4/c22-15-3-1-2-13(6-15)9-23-21(26)17-8-16-11-27-20(10-25(16)24-17)14-4-5-18-19(7-14)29-12-28-18/h1-8,20H,9-12H2,(H,23,26)/t20-/m0/s1. The van der Waals surface area contributed by atoms with Gasteiger partial charge in [-0.25, -0.2) is 0 Å². The summed E-state index contributed by atoms with van der Waals surface area (Å²) >= 11 is 5.98. The monoisotopic (exact) mass is 411 g/mol. The Morgan fingerprint density at radius 1 is 1.17 bits per heavy atom.